The summed E-state index contributed by atoms with van der Waals surface area (Å²) in [5, 5.41) is 0. The minimum Gasteiger partial charge on any atom is -0.340 e. The lowest BCUT2D eigenvalue weighted by Gasteiger charge is -2.34. The highest BCUT2D eigenvalue weighted by Crippen LogP contribution is 2.13. The molecule has 136 valence electrons. The van der Waals surface area contributed by atoms with Crippen molar-refractivity contribution < 1.29 is 4.79 Å². The molecule has 0 aromatic heterocycles. The van der Waals surface area contributed by atoms with Crippen LogP contribution in [0.15, 0.2) is 0 Å². The Bertz CT molecular complexity index is 285. The van der Waals surface area contributed by atoms with Gasteiger partial charge in [0.15, 0.2) is 0 Å². The van der Waals surface area contributed by atoms with Gasteiger partial charge in [-0.25, -0.2) is 0 Å². The molecule has 0 radical (unpaired) electrons. The third-order valence-electron chi connectivity index (χ3n) is 5.17. The molecule has 0 unspecified atom stereocenters. The zero-order valence-corrected chi connectivity index (χ0v) is 15.8. The van der Waals surface area contributed by atoms with E-state index in [1.165, 1.54) is 64.2 Å². The Morgan fingerprint density at radius 2 is 1.17 bits per heavy atom. The van der Waals surface area contributed by atoms with E-state index in [2.05, 4.69) is 23.6 Å². The number of unbranched alkanes of at least 4 members (excludes halogenated alkanes) is 10. The van der Waals surface area contributed by atoms with E-state index in [1.54, 1.807) is 0 Å². The van der Waals surface area contributed by atoms with Crippen LogP contribution in [0.4, 0.5) is 0 Å². The predicted molar refractivity (Wildman–Crippen MR) is 99.8 cm³/mol. The van der Waals surface area contributed by atoms with Gasteiger partial charge in [-0.15, -0.1) is 0 Å². The first-order chi connectivity index (χ1) is 11.3. The Balaban J connectivity index is 1.86. The zero-order valence-electron chi connectivity index (χ0n) is 15.8. The summed E-state index contributed by atoms with van der Waals surface area (Å²) in [5.74, 6) is 0.386. The maximum atomic E-state index is 12.2. The van der Waals surface area contributed by atoms with Crippen LogP contribution in [0.25, 0.3) is 0 Å². The Morgan fingerprint density at radius 3 is 1.65 bits per heavy atom. The van der Waals surface area contributed by atoms with Gasteiger partial charge in [0.1, 0.15) is 0 Å². The average Bonchev–Trinajstić information content (AvgIpc) is 2.59. The highest BCUT2D eigenvalue weighted by atomic mass is 16.2. The van der Waals surface area contributed by atoms with Crippen LogP contribution in [0, 0.1) is 0 Å². The number of hydrogen-bond donors (Lipinski definition) is 0. The maximum Gasteiger partial charge on any atom is 0.222 e. The third-order valence-corrected chi connectivity index (χ3v) is 5.17. The zero-order chi connectivity index (χ0) is 16.8. The number of amides is 1. The molecule has 0 aliphatic carbocycles. The molecule has 1 amide bonds. The quantitative estimate of drug-likeness (QED) is 0.452. The smallest absolute Gasteiger partial charge is 0.222 e. The standard InChI is InChI=1S/C20H40N2O/c1-3-5-6-7-8-9-10-11-12-13-14-15-20(23)22-18-16-21(4-2)17-19-22/h3-19H2,1-2H3. The second kappa shape index (κ2) is 13.8. The molecular weight excluding hydrogens is 284 g/mol. The van der Waals surface area contributed by atoms with Gasteiger partial charge in [-0.05, 0) is 13.0 Å². The molecule has 0 bridgehead atoms. The third kappa shape index (κ3) is 10.0. The molecule has 1 aliphatic rings. The number of carbonyl (C=O) groups excluding carboxylic acids is 1. The molecule has 0 saturated carbocycles. The molecule has 23 heavy (non-hydrogen) atoms. The average molecular weight is 325 g/mol. The lowest BCUT2D eigenvalue weighted by molar-refractivity contribution is -0.133. The van der Waals surface area contributed by atoms with Gasteiger partial charge in [0.25, 0.3) is 0 Å². The van der Waals surface area contributed by atoms with Gasteiger partial charge < -0.3 is 9.80 Å². The Morgan fingerprint density at radius 1 is 0.696 bits per heavy atom. The van der Waals surface area contributed by atoms with Crippen LogP contribution in [-0.2, 0) is 4.79 Å². The van der Waals surface area contributed by atoms with Crippen LogP contribution in [0.2, 0.25) is 0 Å². The van der Waals surface area contributed by atoms with Crippen molar-refractivity contribution in [3.8, 4) is 0 Å². The number of carbonyl (C=O) groups is 1. The summed E-state index contributed by atoms with van der Waals surface area (Å²) in [4.78, 5) is 16.7. The van der Waals surface area contributed by atoms with E-state index in [9.17, 15) is 4.79 Å². The topological polar surface area (TPSA) is 23.6 Å². The highest BCUT2D eigenvalue weighted by molar-refractivity contribution is 5.76. The molecule has 1 fully saturated rings. The number of nitrogens with zero attached hydrogens (tertiary/aromatic N) is 2. The molecule has 1 heterocycles. The van der Waals surface area contributed by atoms with Gasteiger partial charge in [0, 0.05) is 32.6 Å². The molecule has 1 rings (SSSR count). The molecule has 0 atom stereocenters. The number of piperazine rings is 1. The van der Waals surface area contributed by atoms with E-state index in [-0.39, 0.29) is 0 Å². The Kier molecular flexibility index (Phi) is 12.3. The van der Waals surface area contributed by atoms with Crippen molar-refractivity contribution in [3.63, 3.8) is 0 Å². The fourth-order valence-electron chi connectivity index (χ4n) is 3.41. The van der Waals surface area contributed by atoms with E-state index in [0.29, 0.717) is 5.91 Å². The fourth-order valence-corrected chi connectivity index (χ4v) is 3.41. The summed E-state index contributed by atoms with van der Waals surface area (Å²) in [6.07, 6.45) is 15.6. The van der Waals surface area contributed by atoms with Crippen LogP contribution in [0.3, 0.4) is 0 Å². The molecule has 3 heteroatoms. The lowest BCUT2D eigenvalue weighted by atomic mass is 10.1. The van der Waals surface area contributed by atoms with Crippen molar-refractivity contribution >= 4 is 5.91 Å². The first-order valence-electron chi connectivity index (χ1n) is 10.3. The summed E-state index contributed by atoms with van der Waals surface area (Å²) < 4.78 is 0. The molecule has 0 N–H and O–H groups in total. The molecule has 1 saturated heterocycles. The van der Waals surface area contributed by atoms with Gasteiger partial charge in [-0.3, -0.25) is 4.79 Å². The van der Waals surface area contributed by atoms with E-state index in [4.69, 9.17) is 0 Å². The van der Waals surface area contributed by atoms with Crippen molar-refractivity contribution in [1.82, 2.24) is 9.80 Å². The van der Waals surface area contributed by atoms with Crippen LogP contribution >= 0.6 is 0 Å². The number of likely N-dealkylation sites (N-methyl/N-ethyl adjacent to an activating group) is 1. The van der Waals surface area contributed by atoms with Crippen molar-refractivity contribution in [3.05, 3.63) is 0 Å². The molecule has 3 nitrogen and oxygen atoms in total. The molecule has 1 aliphatic heterocycles. The Labute approximate surface area is 144 Å². The SMILES string of the molecule is CCCCCCCCCCCCCC(=O)N1CCN(CC)CC1. The summed E-state index contributed by atoms with van der Waals surface area (Å²) in [7, 11) is 0. The second-order valence-corrected chi connectivity index (χ2v) is 7.10. The summed E-state index contributed by atoms with van der Waals surface area (Å²) in [6.45, 7) is 9.57. The number of hydrogen-bond acceptors (Lipinski definition) is 2. The molecule has 0 aromatic rings. The summed E-state index contributed by atoms with van der Waals surface area (Å²) in [6, 6.07) is 0. The first kappa shape index (κ1) is 20.5. The van der Waals surface area contributed by atoms with Gasteiger partial charge in [-0.2, -0.15) is 0 Å². The van der Waals surface area contributed by atoms with E-state index < -0.39 is 0 Å². The van der Waals surface area contributed by atoms with E-state index in [1.807, 2.05) is 0 Å². The van der Waals surface area contributed by atoms with Crippen LogP contribution in [0.5, 0.6) is 0 Å². The Hall–Kier alpha value is -0.570. The molecular formula is C20H40N2O. The lowest BCUT2D eigenvalue weighted by Crippen LogP contribution is -2.48. The van der Waals surface area contributed by atoms with Gasteiger partial charge >= 0.3 is 0 Å². The fraction of sp³-hybridized carbons (Fsp3) is 0.950. The second-order valence-electron chi connectivity index (χ2n) is 7.10. The highest BCUT2D eigenvalue weighted by Gasteiger charge is 2.19. The van der Waals surface area contributed by atoms with Gasteiger partial charge in [0.05, 0.1) is 0 Å². The van der Waals surface area contributed by atoms with E-state index in [0.717, 1.165) is 45.6 Å². The predicted octanol–water partition coefficient (Wildman–Crippen LogP) is 4.85. The number of rotatable bonds is 13. The van der Waals surface area contributed by atoms with Gasteiger partial charge in [-0.1, -0.05) is 78.1 Å². The monoisotopic (exact) mass is 324 g/mol. The minimum absolute atomic E-state index is 0.386. The largest absolute Gasteiger partial charge is 0.340 e. The van der Waals surface area contributed by atoms with Crippen LogP contribution in [0.1, 0.15) is 90.9 Å². The molecule has 0 aromatic carbocycles. The minimum atomic E-state index is 0.386. The van der Waals surface area contributed by atoms with Crippen molar-refractivity contribution in [2.45, 2.75) is 90.9 Å². The first-order valence-corrected chi connectivity index (χ1v) is 10.3. The summed E-state index contributed by atoms with van der Waals surface area (Å²) >= 11 is 0. The van der Waals surface area contributed by atoms with Crippen LogP contribution in [-0.4, -0.2) is 48.4 Å². The molecule has 0 spiro atoms. The normalized spacial score (nSPS) is 16.0. The van der Waals surface area contributed by atoms with Crippen molar-refractivity contribution in [2.24, 2.45) is 0 Å². The van der Waals surface area contributed by atoms with Crippen molar-refractivity contribution in [2.75, 3.05) is 32.7 Å². The van der Waals surface area contributed by atoms with Crippen molar-refractivity contribution in [1.29, 1.82) is 0 Å². The van der Waals surface area contributed by atoms with Crippen LogP contribution < -0.4 is 0 Å². The summed E-state index contributed by atoms with van der Waals surface area (Å²) in [5.41, 5.74) is 0. The maximum absolute atomic E-state index is 12.2. The van der Waals surface area contributed by atoms with Gasteiger partial charge in [0.2, 0.25) is 5.91 Å². The van der Waals surface area contributed by atoms with E-state index >= 15 is 0 Å².